The zero-order valence-corrected chi connectivity index (χ0v) is 22.9. The van der Waals surface area contributed by atoms with Gasteiger partial charge in [0.1, 0.15) is 0 Å². The molecular weight excluding hydrogens is 508 g/mol. The average molecular weight is 535 g/mol. The zero-order valence-electron chi connectivity index (χ0n) is 22.9. The van der Waals surface area contributed by atoms with Gasteiger partial charge in [-0.3, -0.25) is 0 Å². The van der Waals surface area contributed by atoms with Crippen molar-refractivity contribution in [3.63, 3.8) is 0 Å². The summed E-state index contributed by atoms with van der Waals surface area (Å²) in [4.78, 5) is 10.3. The van der Waals surface area contributed by atoms with E-state index in [2.05, 4.69) is 133 Å². The average Bonchev–Trinajstić information content (AvgIpc) is 3.07. The molecule has 0 bridgehead atoms. The monoisotopic (exact) mass is 534 g/mol. The molecule has 8 aromatic rings. The van der Waals surface area contributed by atoms with E-state index in [4.69, 9.17) is 9.97 Å². The molecule has 0 aliphatic rings. The van der Waals surface area contributed by atoms with Crippen molar-refractivity contribution in [1.82, 2.24) is 9.97 Å². The normalized spacial score (nSPS) is 11.3. The van der Waals surface area contributed by atoms with Crippen molar-refractivity contribution in [2.24, 2.45) is 0 Å². The van der Waals surface area contributed by atoms with Gasteiger partial charge in [-0.2, -0.15) is 0 Å². The van der Waals surface area contributed by atoms with Gasteiger partial charge < -0.3 is 0 Å². The van der Waals surface area contributed by atoms with Gasteiger partial charge in [-0.1, -0.05) is 152 Å². The Morgan fingerprint density at radius 3 is 1.45 bits per heavy atom. The first-order valence-corrected chi connectivity index (χ1v) is 14.3. The maximum atomic E-state index is 5.24. The van der Waals surface area contributed by atoms with Crippen LogP contribution >= 0.6 is 0 Å². The van der Waals surface area contributed by atoms with Crippen molar-refractivity contribution in [3.8, 4) is 45.0 Å². The molecular formula is C40H26N2. The fraction of sp³-hybridized carbons (Fsp3) is 0. The van der Waals surface area contributed by atoms with Crippen LogP contribution in [0.1, 0.15) is 0 Å². The Bertz CT molecular complexity index is 2120. The fourth-order valence-electron chi connectivity index (χ4n) is 6.19. The molecule has 2 heteroatoms. The molecule has 196 valence electrons. The van der Waals surface area contributed by atoms with Gasteiger partial charge in [0.25, 0.3) is 0 Å². The van der Waals surface area contributed by atoms with Gasteiger partial charge in [-0.25, -0.2) is 9.97 Å². The Morgan fingerprint density at radius 1 is 0.333 bits per heavy atom. The third kappa shape index (κ3) is 4.05. The van der Waals surface area contributed by atoms with E-state index in [1.165, 1.54) is 43.4 Å². The summed E-state index contributed by atoms with van der Waals surface area (Å²) < 4.78 is 0. The first-order chi connectivity index (χ1) is 20.8. The van der Waals surface area contributed by atoms with E-state index in [1.807, 2.05) is 24.3 Å². The lowest BCUT2D eigenvalue weighted by Crippen LogP contribution is -1.98. The second-order valence-corrected chi connectivity index (χ2v) is 10.6. The van der Waals surface area contributed by atoms with Crippen LogP contribution in [-0.2, 0) is 0 Å². The molecule has 1 aromatic heterocycles. The molecule has 0 aliphatic heterocycles. The van der Waals surface area contributed by atoms with Gasteiger partial charge in [-0.05, 0) is 49.5 Å². The molecule has 0 fully saturated rings. The molecule has 2 nitrogen and oxygen atoms in total. The van der Waals surface area contributed by atoms with E-state index in [0.717, 1.165) is 33.9 Å². The largest absolute Gasteiger partial charge is 0.228 e. The summed E-state index contributed by atoms with van der Waals surface area (Å²) in [6.45, 7) is 0. The van der Waals surface area contributed by atoms with Crippen LogP contribution in [-0.4, -0.2) is 9.97 Å². The number of fused-ring (bicyclic) bond motifs is 3. The Hall–Kier alpha value is -5.60. The van der Waals surface area contributed by atoms with Crippen LogP contribution in [0.4, 0.5) is 0 Å². The number of aromatic nitrogens is 2. The van der Waals surface area contributed by atoms with Crippen LogP contribution in [0, 0.1) is 0 Å². The zero-order chi connectivity index (χ0) is 27.9. The number of hydrogen-bond donors (Lipinski definition) is 0. The lowest BCUT2D eigenvalue weighted by Gasteiger charge is -2.19. The quantitative estimate of drug-likeness (QED) is 0.210. The second-order valence-electron chi connectivity index (χ2n) is 10.6. The van der Waals surface area contributed by atoms with E-state index >= 15 is 0 Å². The third-order valence-electron chi connectivity index (χ3n) is 8.07. The highest BCUT2D eigenvalue weighted by atomic mass is 14.9. The molecule has 8 rings (SSSR count). The number of benzene rings is 7. The van der Waals surface area contributed by atoms with Gasteiger partial charge >= 0.3 is 0 Å². The molecule has 0 saturated heterocycles. The predicted octanol–water partition coefficient (Wildman–Crippen LogP) is 10.6. The van der Waals surface area contributed by atoms with Crippen LogP contribution in [0.15, 0.2) is 158 Å². The van der Waals surface area contributed by atoms with E-state index in [-0.39, 0.29) is 0 Å². The van der Waals surface area contributed by atoms with E-state index in [0.29, 0.717) is 0 Å². The molecule has 7 aromatic carbocycles. The van der Waals surface area contributed by atoms with Crippen molar-refractivity contribution < 1.29 is 0 Å². The molecule has 0 unspecified atom stereocenters. The molecule has 0 N–H and O–H groups in total. The summed E-state index contributed by atoms with van der Waals surface area (Å²) in [6, 6.07) is 55.5. The highest BCUT2D eigenvalue weighted by Crippen LogP contribution is 2.45. The van der Waals surface area contributed by atoms with Crippen molar-refractivity contribution in [2.75, 3.05) is 0 Å². The molecule has 0 spiro atoms. The van der Waals surface area contributed by atoms with Crippen LogP contribution in [0.5, 0.6) is 0 Å². The van der Waals surface area contributed by atoms with E-state index < -0.39 is 0 Å². The lowest BCUT2D eigenvalue weighted by atomic mass is 9.85. The topological polar surface area (TPSA) is 25.8 Å². The van der Waals surface area contributed by atoms with Crippen LogP contribution in [0.3, 0.4) is 0 Å². The van der Waals surface area contributed by atoms with Gasteiger partial charge in [0.05, 0.1) is 11.4 Å². The number of rotatable bonds is 4. The van der Waals surface area contributed by atoms with Crippen LogP contribution in [0.25, 0.3) is 77.3 Å². The Morgan fingerprint density at radius 2 is 0.810 bits per heavy atom. The molecule has 0 aliphatic carbocycles. The first kappa shape index (κ1) is 24.2. The van der Waals surface area contributed by atoms with Gasteiger partial charge in [0.2, 0.25) is 0 Å². The summed E-state index contributed by atoms with van der Waals surface area (Å²) >= 11 is 0. The molecule has 1 heterocycles. The summed E-state index contributed by atoms with van der Waals surface area (Å²) in [5.74, 6) is 0.721. The highest BCUT2D eigenvalue weighted by Gasteiger charge is 2.20. The minimum absolute atomic E-state index is 0.721. The highest BCUT2D eigenvalue weighted by molar-refractivity contribution is 6.23. The van der Waals surface area contributed by atoms with Crippen LogP contribution in [0.2, 0.25) is 0 Å². The van der Waals surface area contributed by atoms with Gasteiger partial charge in [0.15, 0.2) is 5.82 Å². The van der Waals surface area contributed by atoms with Crippen molar-refractivity contribution in [3.05, 3.63) is 158 Å². The smallest absolute Gasteiger partial charge is 0.160 e. The maximum absolute atomic E-state index is 5.24. The minimum atomic E-state index is 0.721. The molecule has 42 heavy (non-hydrogen) atoms. The van der Waals surface area contributed by atoms with E-state index in [1.54, 1.807) is 0 Å². The number of nitrogens with zero attached hydrogens (tertiary/aromatic N) is 2. The van der Waals surface area contributed by atoms with Crippen LogP contribution < -0.4 is 0 Å². The predicted molar refractivity (Wildman–Crippen MR) is 176 cm³/mol. The summed E-state index contributed by atoms with van der Waals surface area (Å²) in [5, 5.41) is 7.27. The Kier molecular flexibility index (Phi) is 5.82. The van der Waals surface area contributed by atoms with Crippen molar-refractivity contribution in [2.45, 2.75) is 0 Å². The molecule has 0 amide bonds. The van der Waals surface area contributed by atoms with Crippen molar-refractivity contribution >= 4 is 32.3 Å². The van der Waals surface area contributed by atoms with Gasteiger partial charge in [0, 0.05) is 16.7 Å². The summed E-state index contributed by atoms with van der Waals surface area (Å²) in [7, 11) is 0. The standard InChI is InChI=1S/C40H26N2/c1-3-15-28(16-4-1)36-26-37(42-40(41-36)29-17-5-2-6-18-29)39-34-23-11-9-21-32(34)38(33-22-10-12-24-35(33)39)31-25-13-19-27-14-7-8-20-30(27)31/h1-26H. The first-order valence-electron chi connectivity index (χ1n) is 14.3. The van der Waals surface area contributed by atoms with E-state index in [9.17, 15) is 0 Å². The Labute approximate surface area is 244 Å². The molecule has 0 radical (unpaired) electrons. The van der Waals surface area contributed by atoms with Crippen molar-refractivity contribution in [1.29, 1.82) is 0 Å². The molecule has 0 saturated carbocycles. The Balaban J connectivity index is 1.49. The third-order valence-corrected chi connectivity index (χ3v) is 8.07. The lowest BCUT2D eigenvalue weighted by molar-refractivity contribution is 1.19. The summed E-state index contributed by atoms with van der Waals surface area (Å²) in [5.41, 5.74) is 7.51. The number of hydrogen-bond acceptors (Lipinski definition) is 2. The van der Waals surface area contributed by atoms with Gasteiger partial charge in [-0.15, -0.1) is 0 Å². The summed E-state index contributed by atoms with van der Waals surface area (Å²) in [6.07, 6.45) is 0. The maximum Gasteiger partial charge on any atom is 0.160 e. The fourth-order valence-corrected chi connectivity index (χ4v) is 6.19. The minimum Gasteiger partial charge on any atom is -0.228 e. The SMILES string of the molecule is c1ccc(-c2cc(-c3c4ccccc4c(-c4cccc5ccccc45)c4ccccc34)nc(-c3ccccc3)n2)cc1. The molecule has 0 atom stereocenters. The second kappa shape index (κ2) is 10.1.